The van der Waals surface area contributed by atoms with Crippen LogP contribution in [0.1, 0.15) is 75.5 Å². The van der Waals surface area contributed by atoms with Gasteiger partial charge in [-0.25, -0.2) is 9.78 Å². The Morgan fingerprint density at radius 3 is 2.25 bits per heavy atom. The van der Waals surface area contributed by atoms with Crippen LogP contribution in [0.5, 0.6) is 0 Å². The first kappa shape index (κ1) is 32.5. The van der Waals surface area contributed by atoms with E-state index in [4.69, 9.17) is 0 Å². The molecule has 0 aliphatic carbocycles. The summed E-state index contributed by atoms with van der Waals surface area (Å²) in [6.07, 6.45) is 4.80. The molecule has 0 aliphatic rings. The summed E-state index contributed by atoms with van der Waals surface area (Å²) in [6, 6.07) is 25.9. The number of thiol groups is 1. The summed E-state index contributed by atoms with van der Waals surface area (Å²) in [5.41, 5.74) is 3.59. The summed E-state index contributed by atoms with van der Waals surface area (Å²) in [7, 11) is 0. The zero-order valence-corrected chi connectivity index (χ0v) is 25.9. The van der Waals surface area contributed by atoms with Crippen LogP contribution in [0.15, 0.2) is 91.1 Å². The smallest absolute Gasteiger partial charge is 0.335 e. The number of aryl methyl sites for hydroxylation is 1. The second kappa shape index (κ2) is 16.5. The summed E-state index contributed by atoms with van der Waals surface area (Å²) in [4.78, 5) is 42.8. The lowest BCUT2D eigenvalue weighted by Crippen LogP contribution is -2.42. The van der Waals surface area contributed by atoms with E-state index in [0.29, 0.717) is 37.4 Å². The molecule has 0 unspecified atom stereocenters. The molecule has 4 aromatic rings. The van der Waals surface area contributed by atoms with E-state index in [1.165, 1.54) is 0 Å². The van der Waals surface area contributed by atoms with Crippen molar-refractivity contribution in [3.63, 3.8) is 0 Å². The maximum Gasteiger partial charge on any atom is 0.335 e. The van der Waals surface area contributed by atoms with Crippen molar-refractivity contribution in [3.8, 4) is 0 Å². The third kappa shape index (κ3) is 9.31. The number of aromatic nitrogens is 2. The number of carbonyl (C=O) groups is 3. The van der Waals surface area contributed by atoms with Gasteiger partial charge in [-0.3, -0.25) is 9.59 Å². The first-order chi connectivity index (χ1) is 21.4. The van der Waals surface area contributed by atoms with Crippen molar-refractivity contribution in [1.82, 2.24) is 20.2 Å². The van der Waals surface area contributed by atoms with E-state index in [-0.39, 0.29) is 29.7 Å². The molecule has 3 aromatic carbocycles. The van der Waals surface area contributed by atoms with Crippen LogP contribution < -0.4 is 10.6 Å². The van der Waals surface area contributed by atoms with E-state index in [9.17, 15) is 19.5 Å². The molecule has 1 aromatic heterocycles. The van der Waals surface area contributed by atoms with E-state index < -0.39 is 12.0 Å². The van der Waals surface area contributed by atoms with Crippen LogP contribution in [0.4, 0.5) is 0 Å². The number of carboxylic acid groups (broad SMARTS) is 1. The molecule has 2 atom stereocenters. The van der Waals surface area contributed by atoms with Gasteiger partial charge in [-0.1, -0.05) is 86.1 Å². The highest BCUT2D eigenvalue weighted by molar-refractivity contribution is 7.80. The van der Waals surface area contributed by atoms with Gasteiger partial charge < -0.3 is 20.3 Å². The first-order valence-electron chi connectivity index (χ1n) is 15.0. The fraction of sp³-hybridized carbons (Fsp3) is 0.314. The van der Waals surface area contributed by atoms with Gasteiger partial charge in [-0.2, -0.15) is 12.6 Å². The predicted octanol–water partition coefficient (Wildman–Crippen LogP) is 5.53. The number of hydrogen-bond donors (Lipinski definition) is 4. The molecule has 0 saturated carbocycles. The molecule has 2 amide bonds. The third-order valence-electron chi connectivity index (χ3n) is 7.60. The minimum absolute atomic E-state index is 0.0751. The maximum atomic E-state index is 13.8. The summed E-state index contributed by atoms with van der Waals surface area (Å²) in [5.74, 6) is 0.00929. The van der Waals surface area contributed by atoms with Gasteiger partial charge >= 0.3 is 5.97 Å². The molecular formula is C35H40N4O4S. The van der Waals surface area contributed by atoms with Gasteiger partial charge in [-0.15, -0.1) is 0 Å². The molecule has 8 nitrogen and oxygen atoms in total. The highest BCUT2D eigenvalue weighted by Gasteiger charge is 2.23. The average Bonchev–Trinajstić information content (AvgIpc) is 3.43. The first-order valence-corrected chi connectivity index (χ1v) is 15.6. The topological polar surface area (TPSA) is 113 Å². The second-order valence-corrected chi connectivity index (χ2v) is 11.3. The van der Waals surface area contributed by atoms with Crippen LogP contribution in [-0.2, 0) is 24.2 Å². The third-order valence-corrected chi connectivity index (χ3v) is 8.04. The zero-order valence-electron chi connectivity index (χ0n) is 25.0. The van der Waals surface area contributed by atoms with Gasteiger partial charge in [0.15, 0.2) is 0 Å². The molecule has 0 saturated heterocycles. The van der Waals surface area contributed by atoms with Crippen molar-refractivity contribution in [2.24, 2.45) is 0 Å². The molecule has 44 heavy (non-hydrogen) atoms. The maximum absolute atomic E-state index is 13.8. The van der Waals surface area contributed by atoms with Crippen molar-refractivity contribution < 1.29 is 19.5 Å². The fourth-order valence-corrected chi connectivity index (χ4v) is 5.46. The molecule has 0 aliphatic heterocycles. The molecular weight excluding hydrogens is 572 g/mol. The van der Waals surface area contributed by atoms with Gasteiger partial charge in [0.2, 0.25) is 5.91 Å². The fourth-order valence-electron chi connectivity index (χ4n) is 5.12. The number of nitrogens with zero attached hydrogens (tertiary/aromatic N) is 2. The molecule has 0 radical (unpaired) electrons. The van der Waals surface area contributed by atoms with Crippen molar-refractivity contribution in [1.29, 1.82) is 0 Å². The Bertz CT molecular complexity index is 1510. The number of benzene rings is 3. The van der Waals surface area contributed by atoms with E-state index in [0.717, 1.165) is 35.4 Å². The Kier molecular flexibility index (Phi) is 12.2. The number of carboxylic acids is 1. The average molecular weight is 613 g/mol. The van der Waals surface area contributed by atoms with E-state index in [2.05, 4.69) is 35.2 Å². The lowest BCUT2D eigenvalue weighted by Gasteiger charge is -2.21. The number of carbonyl (C=O) groups excluding carboxylic acids is 2. The van der Waals surface area contributed by atoms with Crippen LogP contribution in [0.2, 0.25) is 0 Å². The molecule has 9 heteroatoms. The normalized spacial score (nSPS) is 12.3. The molecule has 3 N–H and O–H groups in total. The number of unbranched alkanes of at least 4 members (excludes halogenated alkanes) is 1. The summed E-state index contributed by atoms with van der Waals surface area (Å²) < 4.78 is 1.89. The second-order valence-electron chi connectivity index (χ2n) is 10.9. The number of aromatic carboxylic acids is 1. The van der Waals surface area contributed by atoms with Crippen molar-refractivity contribution in [2.45, 2.75) is 57.5 Å². The van der Waals surface area contributed by atoms with E-state index in [1.807, 2.05) is 65.2 Å². The molecule has 230 valence electrons. The van der Waals surface area contributed by atoms with Gasteiger partial charge in [0.1, 0.15) is 11.5 Å². The quantitative estimate of drug-likeness (QED) is 0.124. The largest absolute Gasteiger partial charge is 0.478 e. The van der Waals surface area contributed by atoms with Gasteiger partial charge in [-0.05, 0) is 47.4 Å². The SMILES string of the molecule is CCCCc1ncc(C(=O)N[C@H](CC(=O)NC[C@@H](CS)c2ccccc2)Cc2ccccc2)n1Cc1ccc(C(=O)O)cc1. The summed E-state index contributed by atoms with van der Waals surface area (Å²) >= 11 is 4.49. The van der Waals surface area contributed by atoms with Gasteiger partial charge in [0.05, 0.1) is 11.8 Å². The van der Waals surface area contributed by atoms with Crippen LogP contribution in [0.3, 0.4) is 0 Å². The van der Waals surface area contributed by atoms with Crippen molar-refractivity contribution in [2.75, 3.05) is 12.3 Å². The van der Waals surface area contributed by atoms with Gasteiger partial charge in [0.25, 0.3) is 5.91 Å². The van der Waals surface area contributed by atoms with Crippen molar-refractivity contribution in [3.05, 3.63) is 125 Å². The van der Waals surface area contributed by atoms with Crippen molar-refractivity contribution >= 4 is 30.4 Å². The van der Waals surface area contributed by atoms with Crippen LogP contribution in [0.25, 0.3) is 0 Å². The Balaban J connectivity index is 1.51. The number of imidazole rings is 1. The van der Waals surface area contributed by atoms with E-state index >= 15 is 0 Å². The monoisotopic (exact) mass is 612 g/mol. The highest BCUT2D eigenvalue weighted by atomic mass is 32.1. The predicted molar refractivity (Wildman–Crippen MR) is 175 cm³/mol. The lowest BCUT2D eigenvalue weighted by molar-refractivity contribution is -0.121. The lowest BCUT2D eigenvalue weighted by atomic mass is 10.0. The Hall–Kier alpha value is -4.37. The highest BCUT2D eigenvalue weighted by Crippen LogP contribution is 2.17. The number of hydrogen-bond acceptors (Lipinski definition) is 5. The number of amides is 2. The van der Waals surface area contributed by atoms with Gasteiger partial charge in [0, 0.05) is 37.9 Å². The standard InChI is InChI=1S/C35H40N4O4S/c1-2-3-14-32-36-22-31(39(32)23-26-15-17-28(18-16-26)35(42)43)34(41)38-30(19-25-10-6-4-7-11-25)20-33(40)37-21-29(24-44)27-12-8-5-9-13-27/h4-13,15-18,22,29-30,44H,2-3,14,19-21,23-24H2,1H3,(H,37,40)(H,38,41)(H,42,43)/t29-,30-/m0/s1. The van der Waals surface area contributed by atoms with Crippen LogP contribution in [0, 0.1) is 0 Å². The molecule has 0 bridgehead atoms. The Labute approximate surface area is 264 Å². The summed E-state index contributed by atoms with van der Waals surface area (Å²) in [5, 5.41) is 15.4. The minimum atomic E-state index is -0.988. The molecule has 0 spiro atoms. The molecule has 4 rings (SSSR count). The number of rotatable bonds is 16. The molecule has 1 heterocycles. The Morgan fingerprint density at radius 1 is 0.932 bits per heavy atom. The minimum Gasteiger partial charge on any atom is -0.478 e. The Morgan fingerprint density at radius 2 is 1.61 bits per heavy atom. The molecule has 0 fully saturated rings. The summed E-state index contributed by atoms with van der Waals surface area (Å²) in [6.45, 7) is 2.92. The van der Waals surface area contributed by atoms with Crippen LogP contribution in [-0.4, -0.2) is 50.8 Å². The van der Waals surface area contributed by atoms with E-state index in [1.54, 1.807) is 30.5 Å². The zero-order chi connectivity index (χ0) is 31.3. The number of nitrogens with one attached hydrogen (secondary N) is 2. The van der Waals surface area contributed by atoms with Crippen LogP contribution >= 0.6 is 12.6 Å².